The predicted molar refractivity (Wildman–Crippen MR) is 120 cm³/mol. The number of alkyl halides is 1. The number of aromatic amines is 1. The molecule has 12 heteroatoms. The number of ether oxygens (including phenoxy) is 2. The van der Waals surface area contributed by atoms with E-state index in [2.05, 4.69) is 20.3 Å². The number of hydrogen-bond acceptors (Lipinski definition) is 8. The van der Waals surface area contributed by atoms with Crippen LogP contribution in [0, 0.1) is 6.92 Å². The van der Waals surface area contributed by atoms with Crippen LogP contribution >= 0.6 is 22.9 Å². The third-order valence-corrected chi connectivity index (χ3v) is 6.61. The van der Waals surface area contributed by atoms with Gasteiger partial charge in [-0.3, -0.25) is 4.79 Å². The molecule has 2 aromatic rings. The number of halogens is 2. The molecule has 2 aromatic heterocycles. The highest BCUT2D eigenvalue weighted by atomic mass is 35.5. The third kappa shape index (κ3) is 5.57. The van der Waals surface area contributed by atoms with Crippen LogP contribution in [0.2, 0.25) is 5.15 Å². The zero-order chi connectivity index (χ0) is 23.3. The summed E-state index contributed by atoms with van der Waals surface area (Å²) in [5, 5.41) is 3.86. The molecule has 2 atom stereocenters. The molecular formula is C20H27ClFN5O4S. The van der Waals surface area contributed by atoms with Crippen LogP contribution in [0.3, 0.4) is 0 Å². The van der Waals surface area contributed by atoms with E-state index >= 15 is 0 Å². The van der Waals surface area contributed by atoms with E-state index < -0.39 is 24.7 Å². The fraction of sp³-hybridized carbons (Fsp3) is 0.600. The summed E-state index contributed by atoms with van der Waals surface area (Å²) in [4.78, 5) is 38.7. The minimum Gasteiger partial charge on any atom is -0.462 e. The second kappa shape index (κ2) is 11.1. The number of nitrogens with one attached hydrogen (secondary N) is 2. The lowest BCUT2D eigenvalue weighted by molar-refractivity contribution is 0.0140. The lowest BCUT2D eigenvalue weighted by Crippen LogP contribution is -2.55. The lowest BCUT2D eigenvalue weighted by Gasteiger charge is -2.38. The van der Waals surface area contributed by atoms with E-state index in [1.54, 1.807) is 13.8 Å². The number of amides is 1. The van der Waals surface area contributed by atoms with Crippen LogP contribution in [0.5, 0.6) is 0 Å². The Morgan fingerprint density at radius 1 is 1.38 bits per heavy atom. The third-order valence-electron chi connectivity index (χ3n) is 5.10. The number of carbonyl (C=O) groups excluding carboxylic acids is 2. The van der Waals surface area contributed by atoms with Gasteiger partial charge in [-0.2, -0.15) is 0 Å². The first-order chi connectivity index (χ1) is 15.4. The Morgan fingerprint density at radius 2 is 2.16 bits per heavy atom. The number of esters is 1. The van der Waals surface area contributed by atoms with Crippen LogP contribution in [-0.2, 0) is 15.9 Å². The van der Waals surface area contributed by atoms with Gasteiger partial charge in [0.05, 0.1) is 36.7 Å². The van der Waals surface area contributed by atoms with Crippen LogP contribution in [0.15, 0.2) is 0 Å². The van der Waals surface area contributed by atoms with Crippen molar-refractivity contribution in [2.75, 3.05) is 37.9 Å². The first kappa shape index (κ1) is 24.4. The number of rotatable bonds is 9. The molecule has 1 saturated heterocycles. The smallest absolute Gasteiger partial charge is 0.350 e. The molecule has 0 radical (unpaired) electrons. The Labute approximate surface area is 194 Å². The average Bonchev–Trinajstić information content (AvgIpc) is 3.35. The van der Waals surface area contributed by atoms with Gasteiger partial charge < -0.3 is 24.7 Å². The van der Waals surface area contributed by atoms with E-state index in [0.717, 1.165) is 0 Å². The molecule has 1 amide bonds. The summed E-state index contributed by atoms with van der Waals surface area (Å²) in [6.45, 7) is 5.96. The monoisotopic (exact) mass is 487 g/mol. The van der Waals surface area contributed by atoms with E-state index in [1.165, 1.54) is 11.3 Å². The second-order valence-electron chi connectivity index (χ2n) is 7.25. The van der Waals surface area contributed by atoms with E-state index in [0.29, 0.717) is 47.3 Å². The number of hydrogen-bond donors (Lipinski definition) is 2. The summed E-state index contributed by atoms with van der Waals surface area (Å²) in [7, 11) is 0. The summed E-state index contributed by atoms with van der Waals surface area (Å²) in [6, 6.07) is -0.343. The molecule has 3 heterocycles. The molecule has 0 saturated carbocycles. The van der Waals surface area contributed by atoms with Gasteiger partial charge in [0.15, 0.2) is 16.1 Å². The number of piperidine rings is 1. The molecule has 0 bridgehead atoms. The van der Waals surface area contributed by atoms with Gasteiger partial charge >= 0.3 is 5.97 Å². The van der Waals surface area contributed by atoms with Crippen molar-refractivity contribution in [3.05, 3.63) is 27.2 Å². The summed E-state index contributed by atoms with van der Waals surface area (Å²) < 4.78 is 23.6. The highest BCUT2D eigenvalue weighted by Gasteiger charge is 2.34. The Morgan fingerprint density at radius 3 is 2.81 bits per heavy atom. The highest BCUT2D eigenvalue weighted by Crippen LogP contribution is 2.30. The predicted octanol–water partition coefficient (Wildman–Crippen LogP) is 2.93. The Bertz CT molecular complexity index is 953. The van der Waals surface area contributed by atoms with E-state index in [9.17, 15) is 14.0 Å². The van der Waals surface area contributed by atoms with Crippen molar-refractivity contribution < 1.29 is 23.5 Å². The molecule has 0 aliphatic carbocycles. The number of nitrogens with zero attached hydrogens (tertiary/aromatic N) is 3. The first-order valence-corrected chi connectivity index (χ1v) is 11.7. The van der Waals surface area contributed by atoms with Crippen LogP contribution in [0.1, 0.15) is 51.9 Å². The number of anilines is 1. The summed E-state index contributed by atoms with van der Waals surface area (Å²) >= 11 is 7.29. The number of carbonyl (C=O) groups is 2. The highest BCUT2D eigenvalue weighted by molar-refractivity contribution is 7.17. The summed E-state index contributed by atoms with van der Waals surface area (Å²) in [5.74, 6) is -0.661. The van der Waals surface area contributed by atoms with Crippen molar-refractivity contribution in [3.63, 3.8) is 0 Å². The van der Waals surface area contributed by atoms with Crippen LogP contribution < -0.4 is 10.2 Å². The Balaban J connectivity index is 1.71. The van der Waals surface area contributed by atoms with E-state index in [4.69, 9.17) is 21.1 Å². The topological polar surface area (TPSA) is 109 Å². The minimum absolute atomic E-state index is 0.0809. The molecule has 0 unspecified atom stereocenters. The van der Waals surface area contributed by atoms with Gasteiger partial charge in [0.25, 0.3) is 5.91 Å². The van der Waals surface area contributed by atoms with Crippen molar-refractivity contribution in [1.82, 2.24) is 20.3 Å². The van der Waals surface area contributed by atoms with Gasteiger partial charge in [0, 0.05) is 13.1 Å². The number of imidazole rings is 1. The van der Waals surface area contributed by atoms with Gasteiger partial charge in [0.2, 0.25) is 0 Å². The van der Waals surface area contributed by atoms with Crippen molar-refractivity contribution >= 4 is 39.9 Å². The normalized spacial score (nSPS) is 18.6. The summed E-state index contributed by atoms with van der Waals surface area (Å²) in [6.07, 6.45) is 0.709. The van der Waals surface area contributed by atoms with Gasteiger partial charge in [-0.1, -0.05) is 29.9 Å². The quantitative estimate of drug-likeness (QED) is 0.523. The lowest BCUT2D eigenvalue weighted by atomic mass is 10.0. The number of aryl methyl sites for hydroxylation is 2. The SMILES string of the molecule is CCOC(=O)c1sc(N2CC[C@@H](NC(=O)c3nc(Cl)c(CC)[nH]3)[C@@H](OCCF)C2)nc1C. The zero-order valence-corrected chi connectivity index (χ0v) is 19.8. The van der Waals surface area contributed by atoms with Gasteiger partial charge in [-0.05, 0) is 26.7 Å². The van der Waals surface area contributed by atoms with E-state index in [1.807, 2.05) is 11.8 Å². The van der Waals surface area contributed by atoms with Crippen LogP contribution in [-0.4, -0.2) is 72.0 Å². The fourth-order valence-electron chi connectivity index (χ4n) is 3.49. The molecule has 9 nitrogen and oxygen atoms in total. The van der Waals surface area contributed by atoms with Gasteiger partial charge in [-0.15, -0.1) is 0 Å². The molecule has 2 N–H and O–H groups in total. The molecule has 3 rings (SSSR count). The van der Waals surface area contributed by atoms with Crippen LogP contribution in [0.25, 0.3) is 0 Å². The molecule has 1 aliphatic heterocycles. The second-order valence-corrected chi connectivity index (χ2v) is 8.59. The fourth-order valence-corrected chi connectivity index (χ4v) is 4.75. The molecule has 32 heavy (non-hydrogen) atoms. The molecule has 1 aliphatic rings. The largest absolute Gasteiger partial charge is 0.462 e. The van der Waals surface area contributed by atoms with E-state index in [-0.39, 0.29) is 30.2 Å². The molecular weight excluding hydrogens is 461 g/mol. The molecule has 176 valence electrons. The Kier molecular flexibility index (Phi) is 8.44. The maximum atomic E-state index is 12.8. The summed E-state index contributed by atoms with van der Waals surface area (Å²) in [5.41, 5.74) is 1.29. The van der Waals surface area contributed by atoms with Crippen molar-refractivity contribution in [2.24, 2.45) is 0 Å². The van der Waals surface area contributed by atoms with Crippen molar-refractivity contribution in [1.29, 1.82) is 0 Å². The Hall–Kier alpha value is -2.24. The molecule has 0 spiro atoms. The van der Waals surface area contributed by atoms with Crippen molar-refractivity contribution in [3.8, 4) is 0 Å². The minimum atomic E-state index is -0.631. The van der Waals surface area contributed by atoms with Crippen LogP contribution in [0.4, 0.5) is 9.52 Å². The number of H-pyrrole nitrogens is 1. The maximum Gasteiger partial charge on any atom is 0.350 e. The molecule has 0 aromatic carbocycles. The molecule has 1 fully saturated rings. The zero-order valence-electron chi connectivity index (χ0n) is 18.2. The average molecular weight is 488 g/mol. The van der Waals surface area contributed by atoms with Gasteiger partial charge in [-0.25, -0.2) is 19.2 Å². The van der Waals surface area contributed by atoms with Gasteiger partial charge in [0.1, 0.15) is 11.6 Å². The standard InChI is InChI=1S/C20H27ClFN5O4S/c1-4-12-16(21)26-17(24-12)18(28)25-13-6-8-27(10-14(13)31-9-7-22)20-23-11(3)15(32-20)19(29)30-5-2/h13-14H,4-10H2,1-3H3,(H,24,26)(H,25,28)/t13-,14+/m1/s1. The first-order valence-electron chi connectivity index (χ1n) is 10.5. The maximum absolute atomic E-state index is 12.8. The number of thiazole rings is 1. The van der Waals surface area contributed by atoms with Crippen molar-refractivity contribution in [2.45, 2.75) is 45.8 Å². The number of aromatic nitrogens is 3.